The van der Waals surface area contributed by atoms with Crippen LogP contribution in [0, 0.1) is 3.57 Å². The van der Waals surface area contributed by atoms with Crippen LogP contribution in [-0.2, 0) is 4.74 Å². The van der Waals surface area contributed by atoms with E-state index in [1.165, 1.54) is 29.5 Å². The fourth-order valence-corrected chi connectivity index (χ4v) is 1.98. The number of aromatic nitrogens is 1. The van der Waals surface area contributed by atoms with Crippen LogP contribution in [0.25, 0.3) is 0 Å². The van der Waals surface area contributed by atoms with E-state index < -0.39 is 39.3 Å². The molecule has 0 aliphatic carbocycles. The predicted molar refractivity (Wildman–Crippen MR) is 64.6 cm³/mol. The van der Waals surface area contributed by atoms with Crippen LogP contribution < -0.4 is 4.74 Å². The van der Waals surface area contributed by atoms with Crippen molar-refractivity contribution in [2.75, 3.05) is 6.61 Å². The lowest BCUT2D eigenvalue weighted by molar-refractivity contribution is -0.275. The molecule has 1 aromatic heterocycles. The van der Waals surface area contributed by atoms with Crippen LogP contribution in [-0.4, -0.2) is 23.9 Å². The molecule has 0 unspecified atom stereocenters. The largest absolute Gasteiger partial charge is 0.573 e. The van der Waals surface area contributed by atoms with E-state index in [-0.39, 0.29) is 6.61 Å². The number of halogens is 6. The highest BCUT2D eigenvalue weighted by Gasteiger charge is 2.34. The van der Waals surface area contributed by atoms with Gasteiger partial charge in [0.25, 0.3) is 6.43 Å². The first-order chi connectivity index (χ1) is 9.17. The summed E-state index contributed by atoms with van der Waals surface area (Å²) in [6.07, 6.45) is -7.70. The minimum absolute atomic E-state index is 0.0828. The molecule has 0 saturated heterocycles. The van der Waals surface area contributed by atoms with Crippen molar-refractivity contribution in [2.45, 2.75) is 19.7 Å². The summed E-state index contributed by atoms with van der Waals surface area (Å²) in [5.41, 5.74) is -1.69. The van der Waals surface area contributed by atoms with E-state index in [9.17, 15) is 26.7 Å². The lowest BCUT2D eigenvalue weighted by atomic mass is 10.2. The molecule has 10 heteroatoms. The second-order valence-electron chi connectivity index (χ2n) is 3.27. The standard InChI is InChI=1S/C10H7F5INO3/c1-2-19-9(18)7-5(8(11)12)6(16)4(3-17-7)20-10(13,14)15/h3,8H,2H2,1H3. The number of ether oxygens (including phenoxy) is 2. The Kier molecular flexibility index (Phi) is 5.48. The summed E-state index contributed by atoms with van der Waals surface area (Å²) in [6.45, 7) is 1.37. The smallest absolute Gasteiger partial charge is 0.461 e. The molecule has 0 amide bonds. The van der Waals surface area contributed by atoms with Gasteiger partial charge in [-0.05, 0) is 29.5 Å². The zero-order chi connectivity index (χ0) is 15.5. The third-order valence-corrected chi connectivity index (χ3v) is 3.04. The van der Waals surface area contributed by atoms with Gasteiger partial charge >= 0.3 is 12.3 Å². The maximum atomic E-state index is 12.9. The summed E-state index contributed by atoms with van der Waals surface area (Å²) in [5.74, 6) is -2.04. The van der Waals surface area contributed by atoms with Crippen molar-refractivity contribution in [3.8, 4) is 5.75 Å². The molecule has 0 atom stereocenters. The first-order valence-electron chi connectivity index (χ1n) is 5.06. The number of hydrogen-bond donors (Lipinski definition) is 0. The van der Waals surface area contributed by atoms with Crippen LogP contribution >= 0.6 is 22.6 Å². The Labute approximate surface area is 123 Å². The number of nitrogens with zero attached hydrogens (tertiary/aromatic N) is 1. The maximum Gasteiger partial charge on any atom is 0.573 e. The zero-order valence-electron chi connectivity index (χ0n) is 9.80. The van der Waals surface area contributed by atoms with Crippen molar-refractivity contribution in [1.82, 2.24) is 4.98 Å². The van der Waals surface area contributed by atoms with Crippen molar-refractivity contribution in [2.24, 2.45) is 0 Å². The number of pyridine rings is 1. The molecule has 0 bridgehead atoms. The van der Waals surface area contributed by atoms with E-state index in [4.69, 9.17) is 0 Å². The van der Waals surface area contributed by atoms with E-state index in [1.54, 1.807) is 0 Å². The summed E-state index contributed by atoms with van der Waals surface area (Å²) in [7, 11) is 0. The molecule has 4 nitrogen and oxygen atoms in total. The molecular weight excluding hydrogens is 404 g/mol. The average Bonchev–Trinajstić information content (AvgIpc) is 2.29. The van der Waals surface area contributed by atoms with Gasteiger partial charge in [-0.3, -0.25) is 0 Å². The molecule has 112 valence electrons. The molecule has 0 spiro atoms. The summed E-state index contributed by atoms with van der Waals surface area (Å²) in [5, 5.41) is 0. The van der Waals surface area contributed by atoms with Crippen molar-refractivity contribution < 1.29 is 36.2 Å². The lowest BCUT2D eigenvalue weighted by Gasteiger charge is -2.14. The molecule has 0 N–H and O–H groups in total. The van der Waals surface area contributed by atoms with Gasteiger partial charge in [-0.1, -0.05) is 0 Å². The number of esters is 1. The lowest BCUT2D eigenvalue weighted by Crippen LogP contribution is -2.20. The van der Waals surface area contributed by atoms with Gasteiger partial charge in [0.1, 0.15) is 0 Å². The zero-order valence-corrected chi connectivity index (χ0v) is 12.0. The normalized spacial score (nSPS) is 11.6. The van der Waals surface area contributed by atoms with Gasteiger partial charge in [0.05, 0.1) is 21.9 Å². The van der Waals surface area contributed by atoms with Gasteiger partial charge in [0, 0.05) is 0 Å². The van der Waals surface area contributed by atoms with Crippen LogP contribution in [0.3, 0.4) is 0 Å². The van der Waals surface area contributed by atoms with Gasteiger partial charge in [-0.25, -0.2) is 18.6 Å². The Morgan fingerprint density at radius 2 is 2.05 bits per heavy atom. The van der Waals surface area contributed by atoms with Crippen LogP contribution in [0.5, 0.6) is 5.75 Å². The Morgan fingerprint density at radius 1 is 1.45 bits per heavy atom. The van der Waals surface area contributed by atoms with Gasteiger partial charge in [0.2, 0.25) is 0 Å². The van der Waals surface area contributed by atoms with Crippen LogP contribution in [0.4, 0.5) is 22.0 Å². The highest BCUT2D eigenvalue weighted by molar-refractivity contribution is 14.1. The molecule has 1 aromatic rings. The summed E-state index contributed by atoms with van der Waals surface area (Å²) in [4.78, 5) is 14.7. The van der Waals surface area contributed by atoms with E-state index in [1.807, 2.05) is 0 Å². The summed E-state index contributed by atoms with van der Waals surface area (Å²) in [6, 6.07) is 0. The van der Waals surface area contributed by atoms with E-state index in [2.05, 4.69) is 14.5 Å². The number of carbonyl (C=O) groups excluding carboxylic acids is 1. The monoisotopic (exact) mass is 411 g/mol. The Balaban J connectivity index is 3.31. The van der Waals surface area contributed by atoms with Gasteiger partial charge < -0.3 is 9.47 Å². The van der Waals surface area contributed by atoms with Crippen molar-refractivity contribution in [1.29, 1.82) is 0 Å². The first-order valence-corrected chi connectivity index (χ1v) is 6.14. The first kappa shape index (κ1) is 16.9. The maximum absolute atomic E-state index is 12.9. The summed E-state index contributed by atoms with van der Waals surface area (Å²) >= 11 is 1.23. The minimum Gasteiger partial charge on any atom is -0.461 e. The molecule has 20 heavy (non-hydrogen) atoms. The molecule has 1 rings (SSSR count). The van der Waals surface area contributed by atoms with Crippen LogP contribution in [0.2, 0.25) is 0 Å². The molecule has 0 aliphatic rings. The third kappa shape index (κ3) is 4.15. The predicted octanol–water partition coefficient (Wildman–Crippen LogP) is 3.70. The minimum atomic E-state index is -5.05. The number of hydrogen-bond acceptors (Lipinski definition) is 4. The molecule has 0 radical (unpaired) electrons. The Bertz CT molecular complexity index is 506. The molecular formula is C10H7F5INO3. The Hall–Kier alpha value is -1.20. The van der Waals surface area contributed by atoms with E-state index in [0.29, 0.717) is 6.20 Å². The molecule has 0 aliphatic heterocycles. The van der Waals surface area contributed by atoms with Gasteiger partial charge in [0.15, 0.2) is 11.4 Å². The molecule has 0 saturated carbocycles. The molecule has 1 heterocycles. The Morgan fingerprint density at radius 3 is 2.50 bits per heavy atom. The van der Waals surface area contributed by atoms with Crippen molar-refractivity contribution >= 4 is 28.6 Å². The van der Waals surface area contributed by atoms with E-state index in [0.717, 1.165) is 0 Å². The summed E-state index contributed by atoms with van der Waals surface area (Å²) < 4.78 is 69.7. The van der Waals surface area contributed by atoms with Crippen molar-refractivity contribution in [3.05, 3.63) is 21.0 Å². The second kappa shape index (κ2) is 6.50. The van der Waals surface area contributed by atoms with E-state index >= 15 is 0 Å². The highest BCUT2D eigenvalue weighted by atomic mass is 127. The van der Waals surface area contributed by atoms with Crippen LogP contribution in [0.15, 0.2) is 6.20 Å². The third-order valence-electron chi connectivity index (χ3n) is 1.93. The van der Waals surface area contributed by atoms with Gasteiger partial charge in [-0.15, -0.1) is 13.2 Å². The SMILES string of the molecule is CCOC(=O)c1ncc(OC(F)(F)F)c(I)c1C(F)F. The van der Waals surface area contributed by atoms with Gasteiger partial charge in [-0.2, -0.15) is 0 Å². The average molecular weight is 411 g/mol. The topological polar surface area (TPSA) is 48.4 Å². The number of alkyl halides is 5. The van der Waals surface area contributed by atoms with Crippen molar-refractivity contribution in [3.63, 3.8) is 0 Å². The number of rotatable bonds is 4. The fraction of sp³-hybridized carbons (Fsp3) is 0.400. The highest BCUT2D eigenvalue weighted by Crippen LogP contribution is 2.35. The van der Waals surface area contributed by atoms with Crippen LogP contribution in [0.1, 0.15) is 29.4 Å². The quantitative estimate of drug-likeness (QED) is 0.431. The fourth-order valence-electron chi connectivity index (χ4n) is 1.24. The second-order valence-corrected chi connectivity index (χ2v) is 4.35. The molecule has 0 aromatic carbocycles. The molecule has 0 fully saturated rings. The number of carbonyl (C=O) groups is 1.